The molecule has 0 bridgehead atoms. The smallest absolute Gasteiger partial charge is 0.257 e. The molecule has 1 amide bonds. The van der Waals surface area contributed by atoms with Gasteiger partial charge in [0.05, 0.1) is 5.69 Å². The standard InChI is InChI=1S/C21H18F2N2O3/c1-13-20(28-12-14-5-3-2-4-6-14)19(26)17(11-24-13)21(27)25-10-15-7-8-16(22)9-18(15)23/h2-9,11H,10,12H2,1H3,(H,24,26)(H,25,27). The van der Waals surface area contributed by atoms with Gasteiger partial charge in [-0.1, -0.05) is 36.4 Å². The van der Waals surface area contributed by atoms with Crippen LogP contribution in [-0.2, 0) is 13.2 Å². The molecule has 0 atom stereocenters. The number of carbonyl (C=O) groups excluding carboxylic acids is 1. The van der Waals surface area contributed by atoms with E-state index in [0.717, 1.165) is 17.7 Å². The van der Waals surface area contributed by atoms with Crippen LogP contribution >= 0.6 is 0 Å². The van der Waals surface area contributed by atoms with Gasteiger partial charge < -0.3 is 15.0 Å². The fourth-order valence-corrected chi connectivity index (χ4v) is 2.61. The SMILES string of the molecule is Cc1[nH]cc(C(=O)NCc2ccc(F)cc2F)c(=O)c1OCc1ccccc1. The molecule has 0 unspecified atom stereocenters. The molecule has 0 spiro atoms. The third-order valence-corrected chi connectivity index (χ3v) is 4.15. The number of carbonyl (C=O) groups is 1. The Morgan fingerprint density at radius 3 is 2.61 bits per heavy atom. The third kappa shape index (κ3) is 4.43. The van der Waals surface area contributed by atoms with Crippen molar-refractivity contribution in [3.63, 3.8) is 0 Å². The molecule has 5 nitrogen and oxygen atoms in total. The van der Waals surface area contributed by atoms with Gasteiger partial charge in [0.25, 0.3) is 5.91 Å². The number of benzene rings is 2. The summed E-state index contributed by atoms with van der Waals surface area (Å²) >= 11 is 0. The molecule has 2 aromatic carbocycles. The van der Waals surface area contributed by atoms with Gasteiger partial charge in [0.1, 0.15) is 23.8 Å². The van der Waals surface area contributed by atoms with Crippen molar-refractivity contribution in [2.75, 3.05) is 0 Å². The molecule has 0 aliphatic heterocycles. The van der Waals surface area contributed by atoms with Gasteiger partial charge in [-0.25, -0.2) is 8.78 Å². The summed E-state index contributed by atoms with van der Waals surface area (Å²) in [7, 11) is 0. The van der Waals surface area contributed by atoms with Crippen molar-refractivity contribution in [1.29, 1.82) is 0 Å². The van der Waals surface area contributed by atoms with Crippen LogP contribution in [0.15, 0.2) is 59.5 Å². The van der Waals surface area contributed by atoms with Crippen LogP contribution in [0.1, 0.15) is 27.2 Å². The van der Waals surface area contributed by atoms with Crippen LogP contribution in [-0.4, -0.2) is 10.9 Å². The van der Waals surface area contributed by atoms with E-state index in [1.165, 1.54) is 12.3 Å². The first kappa shape index (κ1) is 19.3. The van der Waals surface area contributed by atoms with Gasteiger partial charge in [-0.2, -0.15) is 0 Å². The predicted molar refractivity (Wildman–Crippen MR) is 100 cm³/mol. The van der Waals surface area contributed by atoms with Crippen LogP contribution in [0.4, 0.5) is 8.78 Å². The van der Waals surface area contributed by atoms with Crippen molar-refractivity contribution in [2.24, 2.45) is 0 Å². The van der Waals surface area contributed by atoms with Gasteiger partial charge >= 0.3 is 0 Å². The molecule has 3 rings (SSSR count). The van der Waals surface area contributed by atoms with Crippen molar-refractivity contribution in [3.8, 4) is 5.75 Å². The van der Waals surface area contributed by atoms with Gasteiger partial charge in [0.15, 0.2) is 5.75 Å². The number of pyridine rings is 1. The Kier molecular flexibility index (Phi) is 5.84. The zero-order valence-electron chi connectivity index (χ0n) is 15.1. The van der Waals surface area contributed by atoms with Gasteiger partial charge in [-0.3, -0.25) is 9.59 Å². The normalized spacial score (nSPS) is 10.5. The first-order chi connectivity index (χ1) is 13.5. The molecule has 0 saturated heterocycles. The minimum absolute atomic E-state index is 0.0458. The van der Waals surface area contributed by atoms with E-state index in [2.05, 4.69) is 10.3 Å². The molecule has 0 saturated carbocycles. The lowest BCUT2D eigenvalue weighted by molar-refractivity contribution is 0.0948. The van der Waals surface area contributed by atoms with Crippen molar-refractivity contribution in [2.45, 2.75) is 20.1 Å². The lowest BCUT2D eigenvalue weighted by Crippen LogP contribution is -2.29. The second-order valence-corrected chi connectivity index (χ2v) is 6.18. The quantitative estimate of drug-likeness (QED) is 0.684. The molecule has 0 aliphatic rings. The summed E-state index contributed by atoms with van der Waals surface area (Å²) in [6.45, 7) is 1.66. The number of aryl methyl sites for hydroxylation is 1. The molecule has 28 heavy (non-hydrogen) atoms. The number of ether oxygens (including phenoxy) is 1. The minimum atomic E-state index is -0.773. The van der Waals surface area contributed by atoms with Crippen molar-refractivity contribution in [1.82, 2.24) is 10.3 Å². The van der Waals surface area contributed by atoms with E-state index >= 15 is 0 Å². The Morgan fingerprint density at radius 1 is 1.14 bits per heavy atom. The number of H-pyrrole nitrogens is 1. The second kappa shape index (κ2) is 8.47. The van der Waals surface area contributed by atoms with Crippen LogP contribution < -0.4 is 15.5 Å². The van der Waals surface area contributed by atoms with E-state index < -0.39 is 23.0 Å². The van der Waals surface area contributed by atoms with Gasteiger partial charge in [0.2, 0.25) is 5.43 Å². The van der Waals surface area contributed by atoms with Crippen molar-refractivity contribution >= 4 is 5.91 Å². The van der Waals surface area contributed by atoms with Crippen LogP contribution in [0.5, 0.6) is 5.75 Å². The van der Waals surface area contributed by atoms with E-state index in [9.17, 15) is 18.4 Å². The number of aromatic nitrogens is 1. The molecule has 0 radical (unpaired) electrons. The summed E-state index contributed by atoms with van der Waals surface area (Å²) in [5.74, 6) is -2.12. The van der Waals surface area contributed by atoms with Crippen LogP contribution in [0.2, 0.25) is 0 Å². The predicted octanol–water partition coefficient (Wildman–Crippen LogP) is 3.47. The lowest BCUT2D eigenvalue weighted by atomic mass is 10.2. The zero-order valence-corrected chi connectivity index (χ0v) is 15.1. The highest BCUT2D eigenvalue weighted by atomic mass is 19.1. The van der Waals surface area contributed by atoms with E-state index in [0.29, 0.717) is 5.69 Å². The molecular weight excluding hydrogens is 366 g/mol. The minimum Gasteiger partial charge on any atom is -0.483 e. The first-order valence-electron chi connectivity index (χ1n) is 8.57. The number of hydrogen-bond donors (Lipinski definition) is 2. The average molecular weight is 384 g/mol. The molecule has 0 aliphatic carbocycles. The van der Waals surface area contributed by atoms with E-state index in [-0.39, 0.29) is 30.0 Å². The number of aromatic amines is 1. The molecule has 3 aromatic rings. The monoisotopic (exact) mass is 384 g/mol. The van der Waals surface area contributed by atoms with Crippen molar-refractivity contribution in [3.05, 3.63) is 99.0 Å². The van der Waals surface area contributed by atoms with Gasteiger partial charge in [-0.15, -0.1) is 0 Å². The Hall–Kier alpha value is -3.48. The maximum absolute atomic E-state index is 13.7. The van der Waals surface area contributed by atoms with Crippen LogP contribution in [0.25, 0.3) is 0 Å². The maximum Gasteiger partial charge on any atom is 0.257 e. The summed E-state index contributed by atoms with van der Waals surface area (Å²) in [5.41, 5.74) is 0.754. The van der Waals surface area contributed by atoms with E-state index in [1.807, 2.05) is 30.3 Å². The summed E-state index contributed by atoms with van der Waals surface area (Å²) in [6.07, 6.45) is 1.28. The molecule has 2 N–H and O–H groups in total. The molecule has 1 aromatic heterocycles. The Bertz CT molecular complexity index is 1050. The zero-order chi connectivity index (χ0) is 20.1. The van der Waals surface area contributed by atoms with Crippen LogP contribution in [0, 0.1) is 18.6 Å². The maximum atomic E-state index is 13.7. The van der Waals surface area contributed by atoms with Crippen molar-refractivity contribution < 1.29 is 18.3 Å². The lowest BCUT2D eigenvalue weighted by Gasteiger charge is -2.11. The Morgan fingerprint density at radius 2 is 1.89 bits per heavy atom. The number of rotatable bonds is 6. The van der Waals surface area contributed by atoms with Gasteiger partial charge in [-0.05, 0) is 18.6 Å². The van der Waals surface area contributed by atoms with Crippen LogP contribution in [0.3, 0.4) is 0 Å². The second-order valence-electron chi connectivity index (χ2n) is 6.18. The topological polar surface area (TPSA) is 71.2 Å². The fourth-order valence-electron chi connectivity index (χ4n) is 2.61. The molecular formula is C21H18F2N2O3. The Balaban J connectivity index is 1.74. The average Bonchev–Trinajstić information content (AvgIpc) is 2.68. The molecule has 144 valence electrons. The molecule has 0 fully saturated rings. The number of nitrogens with one attached hydrogen (secondary N) is 2. The highest BCUT2D eigenvalue weighted by molar-refractivity contribution is 5.94. The summed E-state index contributed by atoms with van der Waals surface area (Å²) in [4.78, 5) is 27.9. The number of halogens is 2. The van der Waals surface area contributed by atoms with E-state index in [1.54, 1.807) is 6.92 Å². The first-order valence-corrected chi connectivity index (χ1v) is 8.57. The number of hydrogen-bond acceptors (Lipinski definition) is 3. The summed E-state index contributed by atoms with van der Waals surface area (Å²) < 4.78 is 32.3. The number of amides is 1. The Labute approximate surface area is 160 Å². The highest BCUT2D eigenvalue weighted by Gasteiger charge is 2.17. The molecule has 1 heterocycles. The van der Waals surface area contributed by atoms with E-state index in [4.69, 9.17) is 4.74 Å². The summed E-state index contributed by atoms with van der Waals surface area (Å²) in [5, 5.41) is 2.46. The third-order valence-electron chi connectivity index (χ3n) is 4.15. The highest BCUT2D eigenvalue weighted by Crippen LogP contribution is 2.13. The summed E-state index contributed by atoms with van der Waals surface area (Å²) in [6, 6.07) is 12.4. The van der Waals surface area contributed by atoms with Gasteiger partial charge in [0, 0.05) is 24.4 Å². The fraction of sp³-hybridized carbons (Fsp3) is 0.143. The molecule has 7 heteroatoms. The largest absolute Gasteiger partial charge is 0.483 e.